The van der Waals surface area contributed by atoms with Crippen molar-refractivity contribution in [2.75, 3.05) is 6.61 Å². The normalized spacial score (nSPS) is 50.5. The maximum atomic E-state index is 14.5. The summed E-state index contributed by atoms with van der Waals surface area (Å²) in [6.45, 7) is 8.71. The van der Waals surface area contributed by atoms with Crippen LogP contribution in [0.3, 0.4) is 0 Å². The first-order valence-electron chi connectivity index (χ1n) is 17.2. The summed E-state index contributed by atoms with van der Waals surface area (Å²) in [7, 11) is 0. The van der Waals surface area contributed by atoms with Crippen LogP contribution in [0, 0.1) is 46.3 Å². The maximum absolute atomic E-state index is 14.5. The number of rotatable bonds is 6. The van der Waals surface area contributed by atoms with Crippen molar-refractivity contribution in [3.05, 3.63) is 23.8 Å². The van der Waals surface area contributed by atoms with Crippen LogP contribution in [0.1, 0.15) is 96.5 Å². The maximum Gasteiger partial charge on any atom is 0.309 e. The van der Waals surface area contributed by atoms with Crippen LogP contribution in [-0.2, 0) is 28.6 Å². The Morgan fingerprint density at radius 3 is 2.73 bits per heavy atom. The van der Waals surface area contributed by atoms with E-state index in [-0.39, 0.29) is 48.7 Å². The first-order chi connectivity index (χ1) is 20.5. The third kappa shape index (κ3) is 4.27. The van der Waals surface area contributed by atoms with Crippen LogP contribution in [-0.4, -0.2) is 53.3 Å². The van der Waals surface area contributed by atoms with Crippen molar-refractivity contribution in [1.82, 2.24) is 0 Å². The van der Waals surface area contributed by atoms with Gasteiger partial charge >= 0.3 is 5.97 Å². The molecule has 5 fully saturated rings. The smallest absolute Gasteiger partial charge is 0.309 e. The van der Waals surface area contributed by atoms with E-state index in [0.717, 1.165) is 25.7 Å². The zero-order valence-electron chi connectivity index (χ0n) is 28.1. The van der Waals surface area contributed by atoms with Gasteiger partial charge in [0.25, 0.3) is 0 Å². The fourth-order valence-corrected chi connectivity index (χ4v) is 9.65. The SMILES string of the molecule is [2H]C1([2H])C[C@@H]2[C@H]([C@@H](O)C[C@@]3(C)[C@H]2C[C@H]2O[C@@H](C4CCCCC4C)O[C@]23C(=O)COC(=O)C([2H])(C)CC)[C@@]2(C)C=CC(=O)C=C12. The summed E-state index contributed by atoms with van der Waals surface area (Å²) in [6, 6.07) is 0. The van der Waals surface area contributed by atoms with Crippen molar-refractivity contribution in [1.29, 1.82) is 0 Å². The number of esters is 1. The zero-order valence-corrected chi connectivity index (χ0v) is 25.1. The van der Waals surface area contributed by atoms with E-state index in [0.29, 0.717) is 17.9 Å². The van der Waals surface area contributed by atoms with E-state index in [2.05, 4.69) is 6.92 Å². The van der Waals surface area contributed by atoms with Gasteiger partial charge in [0.15, 0.2) is 24.3 Å². The number of carbonyl (C=O) groups excluding carboxylic acids is 3. The molecule has 226 valence electrons. The fraction of sp³-hybridized carbons (Fsp3) is 0.794. The highest BCUT2D eigenvalue weighted by atomic mass is 16.7. The lowest BCUT2D eigenvalue weighted by atomic mass is 9.46. The quantitative estimate of drug-likeness (QED) is 0.430. The average molecular weight is 572 g/mol. The highest BCUT2D eigenvalue weighted by Crippen LogP contribution is 2.70. The lowest BCUT2D eigenvalue weighted by molar-refractivity contribution is -0.213. The van der Waals surface area contributed by atoms with Gasteiger partial charge in [-0.25, -0.2) is 0 Å². The van der Waals surface area contributed by atoms with Crippen LogP contribution in [0.5, 0.6) is 0 Å². The third-order valence-electron chi connectivity index (χ3n) is 12.1. The second kappa shape index (κ2) is 10.4. The van der Waals surface area contributed by atoms with E-state index >= 15 is 0 Å². The van der Waals surface area contributed by atoms with Crippen molar-refractivity contribution in [3.8, 4) is 0 Å². The molecule has 0 spiro atoms. The van der Waals surface area contributed by atoms with Crippen molar-refractivity contribution < 1.29 is 37.8 Å². The van der Waals surface area contributed by atoms with Gasteiger partial charge < -0.3 is 19.3 Å². The second-order valence-electron chi connectivity index (χ2n) is 14.1. The summed E-state index contributed by atoms with van der Waals surface area (Å²) in [5.74, 6) is -3.34. The molecule has 0 aromatic heterocycles. The third-order valence-corrected chi connectivity index (χ3v) is 12.1. The molecular weight excluding hydrogens is 520 g/mol. The van der Waals surface area contributed by atoms with Gasteiger partial charge in [0.2, 0.25) is 5.78 Å². The number of aliphatic hydroxyl groups is 1. The molecule has 1 saturated heterocycles. The Hall–Kier alpha value is -1.83. The summed E-state index contributed by atoms with van der Waals surface area (Å²) in [5.41, 5.74) is -2.86. The zero-order chi connectivity index (χ0) is 32.0. The lowest BCUT2D eigenvalue weighted by Gasteiger charge is -2.59. The van der Waals surface area contributed by atoms with E-state index < -0.39 is 65.6 Å². The Morgan fingerprint density at radius 1 is 1.24 bits per heavy atom. The van der Waals surface area contributed by atoms with Crippen LogP contribution in [0.15, 0.2) is 23.8 Å². The molecular formula is C34H48O7. The first kappa shape index (κ1) is 25.6. The molecule has 7 nitrogen and oxygen atoms in total. The minimum atomic E-state index is -1.78. The molecule has 3 unspecified atom stereocenters. The van der Waals surface area contributed by atoms with E-state index in [1.165, 1.54) is 19.1 Å². The van der Waals surface area contributed by atoms with E-state index in [1.54, 1.807) is 13.0 Å². The molecule has 4 saturated carbocycles. The van der Waals surface area contributed by atoms with Crippen molar-refractivity contribution >= 4 is 17.5 Å². The predicted molar refractivity (Wildman–Crippen MR) is 152 cm³/mol. The Balaban J connectivity index is 1.39. The van der Waals surface area contributed by atoms with Gasteiger partial charge in [-0.3, -0.25) is 14.4 Å². The number of hydrogen-bond donors (Lipinski definition) is 1. The summed E-state index contributed by atoms with van der Waals surface area (Å²) >= 11 is 0. The minimum absolute atomic E-state index is 0.111. The van der Waals surface area contributed by atoms with Gasteiger partial charge in [-0.2, -0.15) is 0 Å². The average Bonchev–Trinajstić information content (AvgIpc) is 3.45. The highest BCUT2D eigenvalue weighted by Gasteiger charge is 2.76. The molecule has 1 N–H and O–H groups in total. The molecule has 0 bridgehead atoms. The van der Waals surface area contributed by atoms with Gasteiger partial charge in [0.1, 0.15) is 0 Å². The monoisotopic (exact) mass is 571 g/mol. The Kier molecular flexibility index (Phi) is 6.51. The number of ether oxygens (including phenoxy) is 3. The minimum Gasteiger partial charge on any atom is -0.457 e. The van der Waals surface area contributed by atoms with Crippen molar-refractivity contribution in [2.24, 2.45) is 46.3 Å². The van der Waals surface area contributed by atoms with E-state index in [4.69, 9.17) is 18.3 Å². The van der Waals surface area contributed by atoms with Crippen molar-refractivity contribution in [2.45, 2.75) is 116 Å². The standard InChI is InChI=1S/C34H48O7/c1-6-19(2)30(38)39-18-27(37)34-28(40-31(41-34)23-10-8-7-9-20(23)3)16-25-24-12-11-21-15-22(35)13-14-32(21,4)29(24)26(36)17-33(25,34)5/h13-15,19-20,23-26,28-29,31,36H,6-12,16-18H2,1-5H3/t19?,20?,23?,24-,25-,26-,28+,29+,31+,32-,33-,34+/m0/s1/i11D2,19D. The number of hydrogen-bond acceptors (Lipinski definition) is 7. The molecule has 0 aromatic carbocycles. The topological polar surface area (TPSA) is 99.1 Å². The Labute approximate surface area is 248 Å². The molecule has 6 aliphatic rings. The van der Waals surface area contributed by atoms with Crippen LogP contribution in [0.4, 0.5) is 0 Å². The van der Waals surface area contributed by atoms with E-state index in [1.807, 2.05) is 13.8 Å². The van der Waals surface area contributed by atoms with Gasteiger partial charge in [-0.15, -0.1) is 0 Å². The highest BCUT2D eigenvalue weighted by molar-refractivity contribution is 6.01. The molecule has 0 amide bonds. The van der Waals surface area contributed by atoms with Crippen LogP contribution in [0.2, 0.25) is 0 Å². The predicted octanol–water partition coefficient (Wildman–Crippen LogP) is 5.34. The summed E-state index contributed by atoms with van der Waals surface area (Å²) < 4.78 is 45.5. The molecule has 41 heavy (non-hydrogen) atoms. The molecule has 1 heterocycles. The first-order valence-corrected chi connectivity index (χ1v) is 15.7. The molecule has 12 atom stereocenters. The second-order valence-corrected chi connectivity index (χ2v) is 14.1. The lowest BCUT2D eigenvalue weighted by Crippen LogP contribution is -2.64. The molecule has 5 aliphatic carbocycles. The van der Waals surface area contributed by atoms with Crippen LogP contribution < -0.4 is 0 Å². The van der Waals surface area contributed by atoms with Crippen LogP contribution in [0.25, 0.3) is 0 Å². The summed E-state index contributed by atoms with van der Waals surface area (Å²) in [6.07, 6.45) is 5.94. The molecule has 0 radical (unpaired) electrons. The van der Waals surface area contributed by atoms with E-state index in [9.17, 15) is 19.5 Å². The number of aliphatic hydroxyl groups excluding tert-OH is 1. The summed E-state index contributed by atoms with van der Waals surface area (Å²) in [4.78, 5) is 39.6. The van der Waals surface area contributed by atoms with Gasteiger partial charge in [0.05, 0.1) is 18.1 Å². The number of ketones is 2. The molecule has 0 aromatic rings. The van der Waals surface area contributed by atoms with Gasteiger partial charge in [-0.05, 0) is 68.4 Å². The number of allylic oxidation sites excluding steroid dienone is 4. The van der Waals surface area contributed by atoms with Crippen molar-refractivity contribution in [3.63, 3.8) is 0 Å². The largest absolute Gasteiger partial charge is 0.457 e. The van der Waals surface area contributed by atoms with Gasteiger partial charge in [-0.1, -0.05) is 65.5 Å². The Morgan fingerprint density at radius 2 is 2.00 bits per heavy atom. The summed E-state index contributed by atoms with van der Waals surface area (Å²) in [5, 5.41) is 12.0. The molecule has 6 rings (SSSR count). The fourth-order valence-electron chi connectivity index (χ4n) is 9.65. The van der Waals surface area contributed by atoms with Crippen LogP contribution >= 0.6 is 0 Å². The number of fused-ring (bicyclic) bond motifs is 7. The number of carbonyl (C=O) groups is 3. The van der Waals surface area contributed by atoms with Gasteiger partial charge in [0, 0.05) is 26.8 Å². The number of Topliss-reactive ketones (excluding diaryl/α,β-unsaturated/α-hetero) is 1. The molecule has 1 aliphatic heterocycles. The Bertz CT molecular complexity index is 1290. The molecule has 7 heteroatoms.